The molecule has 1 aromatic heterocycles. The summed E-state index contributed by atoms with van der Waals surface area (Å²) in [5, 5.41) is 11.2. The zero-order chi connectivity index (χ0) is 21.4. The van der Waals surface area contributed by atoms with E-state index in [-0.39, 0.29) is 27.6 Å². The molecule has 0 saturated carbocycles. The van der Waals surface area contributed by atoms with Crippen molar-refractivity contribution in [3.63, 3.8) is 0 Å². The van der Waals surface area contributed by atoms with Gasteiger partial charge >= 0.3 is 0 Å². The minimum absolute atomic E-state index is 0.158. The third-order valence-electron chi connectivity index (χ3n) is 4.77. The highest BCUT2D eigenvalue weighted by Crippen LogP contribution is 2.42. The third-order valence-corrected chi connectivity index (χ3v) is 5.06. The van der Waals surface area contributed by atoms with E-state index in [0.717, 1.165) is 11.0 Å². The summed E-state index contributed by atoms with van der Waals surface area (Å²) in [5.74, 6) is -2.23. The molecule has 1 atom stereocenters. The number of benzene rings is 2. The van der Waals surface area contributed by atoms with Gasteiger partial charge in [0, 0.05) is 11.3 Å². The zero-order valence-electron chi connectivity index (χ0n) is 15.6. The van der Waals surface area contributed by atoms with Gasteiger partial charge in [-0.2, -0.15) is 0 Å². The Kier molecular flexibility index (Phi) is 5.05. The van der Waals surface area contributed by atoms with Crippen LogP contribution in [0.4, 0.5) is 10.1 Å². The van der Waals surface area contributed by atoms with Crippen LogP contribution in [0, 0.1) is 5.82 Å². The van der Waals surface area contributed by atoms with Crippen LogP contribution >= 0.6 is 11.6 Å². The number of Topliss-reactive ketones (excluding diaryl/α,β-unsaturated/α-hetero) is 1. The van der Waals surface area contributed by atoms with Crippen LogP contribution < -0.4 is 9.64 Å². The van der Waals surface area contributed by atoms with Crippen molar-refractivity contribution in [2.75, 3.05) is 12.0 Å². The Morgan fingerprint density at radius 1 is 1.17 bits per heavy atom. The number of rotatable bonds is 4. The number of hydrogen-bond acceptors (Lipinski definition) is 5. The zero-order valence-corrected chi connectivity index (χ0v) is 16.4. The summed E-state index contributed by atoms with van der Waals surface area (Å²) in [6.07, 6.45) is 1.38. The number of ketones is 1. The molecule has 3 aromatic rings. The van der Waals surface area contributed by atoms with Gasteiger partial charge in [-0.3, -0.25) is 14.5 Å². The van der Waals surface area contributed by atoms with Gasteiger partial charge in [-0.25, -0.2) is 4.39 Å². The van der Waals surface area contributed by atoms with E-state index in [2.05, 4.69) is 0 Å². The number of hydrogen-bond donors (Lipinski definition) is 1. The van der Waals surface area contributed by atoms with E-state index < -0.39 is 29.3 Å². The highest BCUT2D eigenvalue weighted by atomic mass is 35.5. The van der Waals surface area contributed by atoms with Crippen LogP contribution in [0.5, 0.6) is 5.75 Å². The fraction of sp³-hybridized carbons (Fsp3) is 0.0909. The van der Waals surface area contributed by atoms with Gasteiger partial charge in [0.05, 0.1) is 24.0 Å². The number of methoxy groups -OCH3 is 1. The van der Waals surface area contributed by atoms with Crippen LogP contribution in [-0.2, 0) is 9.59 Å². The fourth-order valence-electron chi connectivity index (χ4n) is 3.41. The fourth-order valence-corrected chi connectivity index (χ4v) is 3.67. The lowest BCUT2D eigenvalue weighted by molar-refractivity contribution is -0.132. The monoisotopic (exact) mass is 427 g/mol. The molecule has 1 amide bonds. The molecule has 152 valence electrons. The quantitative estimate of drug-likeness (QED) is 0.370. The highest BCUT2D eigenvalue weighted by molar-refractivity contribution is 6.51. The normalized spacial score (nSPS) is 18.1. The standard InChI is InChI=1S/C22H15ClFNO5/c1-29-16-8-7-12(10-15(16)23)20(26)18-19(17-6-3-9-30-17)25(22(28)21(18)27)14-5-2-4-13(24)11-14/h2-11,19,26H,1H3/b20-18-. The maximum Gasteiger partial charge on any atom is 0.300 e. The lowest BCUT2D eigenvalue weighted by Gasteiger charge is -2.23. The number of aliphatic hydroxyl groups excluding tert-OH is 1. The summed E-state index contributed by atoms with van der Waals surface area (Å²) in [6, 6.07) is 11.8. The van der Waals surface area contributed by atoms with Gasteiger partial charge < -0.3 is 14.3 Å². The van der Waals surface area contributed by atoms with E-state index in [1.54, 1.807) is 12.1 Å². The number of carbonyl (C=O) groups is 2. The van der Waals surface area contributed by atoms with Gasteiger partial charge in [0.2, 0.25) is 0 Å². The molecular formula is C22H15ClFNO5. The van der Waals surface area contributed by atoms with E-state index in [4.69, 9.17) is 20.8 Å². The molecule has 0 spiro atoms. The van der Waals surface area contributed by atoms with Gasteiger partial charge in [-0.1, -0.05) is 17.7 Å². The van der Waals surface area contributed by atoms with E-state index in [0.29, 0.717) is 5.75 Å². The number of furan rings is 1. The number of nitrogens with zero attached hydrogens (tertiary/aromatic N) is 1. The first-order chi connectivity index (χ1) is 14.4. The lowest BCUT2D eigenvalue weighted by atomic mass is 9.99. The SMILES string of the molecule is COc1ccc(/C(O)=C2/C(=O)C(=O)N(c3cccc(F)c3)C2c2ccco2)cc1Cl. The molecule has 1 fully saturated rings. The van der Waals surface area contributed by atoms with Crippen LogP contribution in [0.1, 0.15) is 17.4 Å². The van der Waals surface area contributed by atoms with E-state index >= 15 is 0 Å². The smallest absolute Gasteiger partial charge is 0.300 e. The number of ether oxygens (including phenoxy) is 1. The summed E-state index contributed by atoms with van der Waals surface area (Å²) < 4.78 is 24.4. The summed E-state index contributed by atoms with van der Waals surface area (Å²) in [4.78, 5) is 26.9. The van der Waals surface area contributed by atoms with Crippen LogP contribution in [0.3, 0.4) is 0 Å². The Labute approximate surface area is 175 Å². The van der Waals surface area contributed by atoms with Gasteiger partial charge in [0.25, 0.3) is 11.7 Å². The second-order valence-electron chi connectivity index (χ2n) is 6.51. The summed E-state index contributed by atoms with van der Waals surface area (Å²) >= 11 is 6.14. The summed E-state index contributed by atoms with van der Waals surface area (Å²) in [7, 11) is 1.45. The number of anilines is 1. The molecule has 2 heterocycles. The van der Waals surface area contributed by atoms with Crippen molar-refractivity contribution < 1.29 is 28.2 Å². The van der Waals surface area contributed by atoms with E-state index in [1.807, 2.05) is 0 Å². The van der Waals surface area contributed by atoms with Crippen LogP contribution in [0.15, 0.2) is 70.9 Å². The van der Waals surface area contributed by atoms with Crippen molar-refractivity contribution in [2.45, 2.75) is 6.04 Å². The first-order valence-electron chi connectivity index (χ1n) is 8.86. The van der Waals surface area contributed by atoms with Gasteiger partial charge in [0.15, 0.2) is 0 Å². The molecule has 6 nitrogen and oxygen atoms in total. The van der Waals surface area contributed by atoms with Gasteiger partial charge in [-0.15, -0.1) is 0 Å². The lowest BCUT2D eigenvalue weighted by Crippen LogP contribution is -2.29. The number of amides is 1. The molecule has 1 unspecified atom stereocenters. The predicted octanol–water partition coefficient (Wildman–Crippen LogP) is 4.71. The Bertz CT molecular complexity index is 1170. The molecule has 1 saturated heterocycles. The topological polar surface area (TPSA) is 80.0 Å². The molecule has 0 bridgehead atoms. The first kappa shape index (κ1) is 19.7. The van der Waals surface area contributed by atoms with Crippen molar-refractivity contribution in [3.05, 3.63) is 88.6 Å². The Morgan fingerprint density at radius 2 is 1.97 bits per heavy atom. The minimum Gasteiger partial charge on any atom is -0.507 e. The molecule has 4 rings (SSSR count). The van der Waals surface area contributed by atoms with E-state index in [1.165, 1.54) is 49.8 Å². The maximum atomic E-state index is 13.8. The molecule has 1 aliphatic rings. The van der Waals surface area contributed by atoms with Crippen molar-refractivity contribution >= 4 is 34.7 Å². The van der Waals surface area contributed by atoms with Crippen molar-refractivity contribution in [2.24, 2.45) is 0 Å². The molecule has 1 aliphatic heterocycles. The molecule has 8 heteroatoms. The minimum atomic E-state index is -1.08. The average molecular weight is 428 g/mol. The Hall–Kier alpha value is -3.58. The van der Waals surface area contributed by atoms with Crippen LogP contribution in [0.2, 0.25) is 5.02 Å². The molecular weight excluding hydrogens is 413 g/mol. The summed E-state index contributed by atoms with van der Waals surface area (Å²) in [6.45, 7) is 0. The molecule has 1 N–H and O–H groups in total. The number of aliphatic hydroxyl groups is 1. The Balaban J connectivity index is 1.92. The van der Waals surface area contributed by atoms with Crippen molar-refractivity contribution in [1.82, 2.24) is 0 Å². The second kappa shape index (κ2) is 7.68. The second-order valence-corrected chi connectivity index (χ2v) is 6.92. The van der Waals surface area contributed by atoms with Crippen LogP contribution in [0.25, 0.3) is 5.76 Å². The number of halogens is 2. The molecule has 0 aliphatic carbocycles. The van der Waals surface area contributed by atoms with Crippen LogP contribution in [-0.4, -0.2) is 23.9 Å². The van der Waals surface area contributed by atoms with E-state index in [9.17, 15) is 19.1 Å². The van der Waals surface area contributed by atoms with Gasteiger partial charge in [-0.05, 0) is 48.5 Å². The molecule has 30 heavy (non-hydrogen) atoms. The average Bonchev–Trinajstić information content (AvgIpc) is 3.34. The maximum absolute atomic E-state index is 13.8. The largest absolute Gasteiger partial charge is 0.507 e. The highest BCUT2D eigenvalue weighted by Gasteiger charge is 2.48. The van der Waals surface area contributed by atoms with Crippen molar-refractivity contribution in [1.29, 1.82) is 0 Å². The summed E-state index contributed by atoms with van der Waals surface area (Å²) in [5.41, 5.74) is 0.181. The van der Waals surface area contributed by atoms with Crippen molar-refractivity contribution in [3.8, 4) is 5.75 Å². The Morgan fingerprint density at radius 3 is 2.60 bits per heavy atom. The predicted molar refractivity (Wildman–Crippen MR) is 108 cm³/mol. The third kappa shape index (κ3) is 3.23. The molecule has 2 aromatic carbocycles. The van der Waals surface area contributed by atoms with Gasteiger partial charge in [0.1, 0.15) is 29.1 Å². The number of carbonyl (C=O) groups excluding carboxylic acids is 2. The molecule has 0 radical (unpaired) electrons. The first-order valence-corrected chi connectivity index (χ1v) is 9.24.